The zero-order valence-corrected chi connectivity index (χ0v) is 10.2. The maximum Gasteiger partial charge on any atom is 0.270 e. The van der Waals surface area contributed by atoms with Gasteiger partial charge >= 0.3 is 0 Å². The third-order valence-electron chi connectivity index (χ3n) is 1.54. The van der Waals surface area contributed by atoms with Gasteiger partial charge in [0.05, 0.1) is 22.9 Å². The van der Waals surface area contributed by atoms with Gasteiger partial charge in [0.2, 0.25) is 0 Å². The van der Waals surface area contributed by atoms with Gasteiger partial charge in [-0.25, -0.2) is 8.19 Å². The molecule has 0 spiro atoms. The van der Waals surface area contributed by atoms with Crippen molar-refractivity contribution < 1.29 is 4.79 Å². The highest BCUT2D eigenvalue weighted by Gasteiger charge is 2.15. The molecule has 0 aliphatic rings. The lowest BCUT2D eigenvalue weighted by Gasteiger charge is -2.04. The van der Waals surface area contributed by atoms with E-state index in [9.17, 15) is 4.79 Å². The summed E-state index contributed by atoms with van der Waals surface area (Å²) < 4.78 is 3.84. The molecule has 0 saturated heterocycles. The summed E-state index contributed by atoms with van der Waals surface area (Å²) in [4.78, 5) is 15.2. The molecule has 1 rings (SSSR count). The van der Waals surface area contributed by atoms with Crippen molar-refractivity contribution in [3.05, 3.63) is 29.0 Å². The Kier molecular flexibility index (Phi) is 4.27. The highest BCUT2D eigenvalue weighted by molar-refractivity contribution is 14.1. The molecular formula is C8H7ClIN3O. The van der Waals surface area contributed by atoms with E-state index in [4.69, 9.17) is 11.6 Å². The summed E-state index contributed by atoms with van der Waals surface area (Å²) >= 11 is 7.57. The number of nitrogens with zero attached hydrogens (tertiary/aromatic N) is 2. The van der Waals surface area contributed by atoms with E-state index < -0.39 is 0 Å². The van der Waals surface area contributed by atoms with Gasteiger partial charge in [-0.05, 0) is 12.1 Å². The molecule has 0 bridgehead atoms. The minimum atomic E-state index is -0.283. The Hall–Kier alpha value is -0.690. The third kappa shape index (κ3) is 2.42. The number of hydrogen-bond acceptors (Lipinski definition) is 3. The second-order valence-electron chi connectivity index (χ2n) is 2.35. The second-order valence-corrected chi connectivity index (χ2v) is 3.19. The molecule has 6 heteroatoms. The lowest BCUT2D eigenvalue weighted by Crippen LogP contribution is -2.28. The highest BCUT2D eigenvalue weighted by atomic mass is 127. The van der Waals surface area contributed by atoms with Gasteiger partial charge in [-0.2, -0.15) is 0 Å². The zero-order valence-electron chi connectivity index (χ0n) is 7.29. The van der Waals surface area contributed by atoms with Gasteiger partial charge < -0.3 is 5.32 Å². The van der Waals surface area contributed by atoms with Gasteiger partial charge in [-0.15, -0.1) is 0 Å². The summed E-state index contributed by atoms with van der Waals surface area (Å²) in [6.45, 7) is 0. The summed E-state index contributed by atoms with van der Waals surface area (Å²) in [5, 5.41) is 2.75. The van der Waals surface area contributed by atoms with E-state index in [-0.39, 0.29) is 16.8 Å². The Balaban J connectivity index is 3.15. The van der Waals surface area contributed by atoms with Crippen LogP contribution in [-0.4, -0.2) is 23.7 Å². The molecule has 1 amide bonds. The predicted molar refractivity (Wildman–Crippen MR) is 63.9 cm³/mol. The largest absolute Gasteiger partial charge is 0.354 e. The number of rotatable bonds is 2. The van der Waals surface area contributed by atoms with Gasteiger partial charge in [0.15, 0.2) is 0 Å². The second kappa shape index (κ2) is 5.26. The number of hydrogen-bond donors (Lipinski definition) is 1. The zero-order chi connectivity index (χ0) is 10.6. The Labute approximate surface area is 100 Å². The molecule has 1 aromatic rings. The van der Waals surface area contributed by atoms with Crippen LogP contribution in [0.2, 0.25) is 5.15 Å². The average molecular weight is 324 g/mol. The van der Waals surface area contributed by atoms with Crippen molar-refractivity contribution in [1.29, 1.82) is 0 Å². The van der Waals surface area contributed by atoms with Crippen LogP contribution in [0.15, 0.2) is 21.5 Å². The maximum absolute atomic E-state index is 11.4. The van der Waals surface area contributed by atoms with Crippen LogP contribution in [0.25, 0.3) is 0 Å². The number of amides is 1. The van der Waals surface area contributed by atoms with Crippen molar-refractivity contribution in [3.63, 3.8) is 0 Å². The molecule has 0 aliphatic carbocycles. The number of carbonyl (C=O) groups is 1. The first-order valence-electron chi connectivity index (χ1n) is 3.72. The number of likely N-dealkylation sites (N-methyl/N-ethyl adjacent to an activating group) is 1. The summed E-state index contributed by atoms with van der Waals surface area (Å²) in [7, 11) is 1.54. The van der Waals surface area contributed by atoms with Crippen LogP contribution in [-0.2, 0) is 4.79 Å². The number of nitrogens with one attached hydrogen (secondary N) is 1. The van der Waals surface area contributed by atoms with E-state index in [1.165, 1.54) is 7.05 Å². The van der Waals surface area contributed by atoms with E-state index in [2.05, 4.69) is 13.5 Å². The van der Waals surface area contributed by atoms with Crippen molar-refractivity contribution >= 4 is 46.1 Å². The molecular weight excluding hydrogens is 316 g/mol. The average Bonchev–Trinajstić information content (AvgIpc) is 2.21. The van der Waals surface area contributed by atoms with Crippen LogP contribution in [0.5, 0.6) is 0 Å². The molecule has 0 aliphatic heterocycles. The van der Waals surface area contributed by atoms with E-state index >= 15 is 0 Å². The van der Waals surface area contributed by atoms with Gasteiger partial charge in [0.1, 0.15) is 10.9 Å². The molecule has 0 saturated carbocycles. The van der Waals surface area contributed by atoms with Crippen molar-refractivity contribution in [1.82, 2.24) is 10.3 Å². The molecule has 1 N–H and O–H groups in total. The molecule has 14 heavy (non-hydrogen) atoms. The summed E-state index contributed by atoms with van der Waals surface area (Å²) in [6.07, 6.45) is 1.56. The normalized spacial score (nSPS) is 11.2. The molecule has 0 radical (unpaired) electrons. The van der Waals surface area contributed by atoms with Crippen LogP contribution in [0.1, 0.15) is 5.56 Å². The van der Waals surface area contributed by atoms with Crippen molar-refractivity contribution in [2.24, 2.45) is 3.21 Å². The molecule has 1 heterocycles. The lowest BCUT2D eigenvalue weighted by molar-refractivity contribution is -0.114. The summed E-state index contributed by atoms with van der Waals surface area (Å²) in [5.74, 6) is -0.283. The first-order chi connectivity index (χ1) is 6.70. The number of carbonyl (C=O) groups excluding carboxylic acids is 1. The molecule has 0 fully saturated rings. The van der Waals surface area contributed by atoms with Gasteiger partial charge in [0, 0.05) is 18.8 Å². The first kappa shape index (κ1) is 11.4. The van der Waals surface area contributed by atoms with Gasteiger partial charge in [-0.1, -0.05) is 11.6 Å². The minimum absolute atomic E-state index is 0.270. The summed E-state index contributed by atoms with van der Waals surface area (Å²) in [6, 6.07) is 3.40. The third-order valence-corrected chi connectivity index (χ3v) is 2.32. The fourth-order valence-electron chi connectivity index (χ4n) is 0.887. The Morgan fingerprint density at radius 3 is 2.93 bits per heavy atom. The predicted octanol–water partition coefficient (Wildman–Crippen LogP) is 1.62. The van der Waals surface area contributed by atoms with Gasteiger partial charge in [-0.3, -0.25) is 4.79 Å². The quantitative estimate of drug-likeness (QED) is 0.511. The standard InChI is InChI=1S/C8H7ClIN3O/c1-11-8(14)6(13-10)5-3-2-4-12-7(5)9/h2-4H,1H3,(H,11,14)/b13-6-. The van der Waals surface area contributed by atoms with Crippen LogP contribution in [0.4, 0.5) is 0 Å². The molecule has 0 aromatic carbocycles. The topological polar surface area (TPSA) is 54.4 Å². The first-order valence-corrected chi connectivity index (χ1v) is 5.07. The Morgan fingerprint density at radius 2 is 2.43 bits per heavy atom. The van der Waals surface area contributed by atoms with Crippen LogP contribution < -0.4 is 5.32 Å². The van der Waals surface area contributed by atoms with Crippen LogP contribution >= 0.6 is 34.5 Å². The van der Waals surface area contributed by atoms with E-state index in [0.717, 1.165) is 0 Å². The van der Waals surface area contributed by atoms with Crippen molar-refractivity contribution in [3.8, 4) is 0 Å². The minimum Gasteiger partial charge on any atom is -0.354 e. The van der Waals surface area contributed by atoms with E-state index in [1.807, 2.05) is 0 Å². The fraction of sp³-hybridized carbons (Fsp3) is 0.125. The highest BCUT2D eigenvalue weighted by Crippen LogP contribution is 2.13. The smallest absolute Gasteiger partial charge is 0.270 e. The van der Waals surface area contributed by atoms with E-state index in [1.54, 1.807) is 41.2 Å². The molecule has 0 unspecified atom stereocenters. The Morgan fingerprint density at radius 1 is 1.71 bits per heavy atom. The molecule has 1 aromatic heterocycles. The molecule has 4 nitrogen and oxygen atoms in total. The van der Waals surface area contributed by atoms with Crippen molar-refractivity contribution in [2.75, 3.05) is 7.05 Å². The maximum atomic E-state index is 11.4. The number of pyridine rings is 1. The fourth-order valence-corrected chi connectivity index (χ4v) is 1.58. The Bertz CT molecular complexity index is 381. The number of aromatic nitrogens is 1. The molecule has 74 valence electrons. The van der Waals surface area contributed by atoms with Crippen LogP contribution in [0.3, 0.4) is 0 Å². The summed E-state index contributed by atoms with van der Waals surface area (Å²) in [5.41, 5.74) is 0.800. The SMILES string of the molecule is CNC(=O)/C(=N\I)c1cccnc1Cl. The monoisotopic (exact) mass is 323 g/mol. The molecule has 0 atom stereocenters. The van der Waals surface area contributed by atoms with Gasteiger partial charge in [0.25, 0.3) is 5.91 Å². The number of halogens is 2. The lowest BCUT2D eigenvalue weighted by atomic mass is 10.2. The van der Waals surface area contributed by atoms with E-state index in [0.29, 0.717) is 5.56 Å². The van der Waals surface area contributed by atoms with Crippen LogP contribution in [0, 0.1) is 0 Å². The van der Waals surface area contributed by atoms with Crippen molar-refractivity contribution in [2.45, 2.75) is 0 Å².